The number of nitrogens with zero attached hydrogens (tertiary/aromatic N) is 4. The van der Waals surface area contributed by atoms with Gasteiger partial charge in [0.15, 0.2) is 5.82 Å². The van der Waals surface area contributed by atoms with Crippen molar-refractivity contribution in [3.63, 3.8) is 0 Å². The Balaban J connectivity index is 1.55. The molecule has 0 bridgehead atoms. The summed E-state index contributed by atoms with van der Waals surface area (Å²) in [7, 11) is 0. The molecule has 0 radical (unpaired) electrons. The standard InChI is InChI=1S/C18H21N5O3/c1-13(2)23-17(20-21-22-23)12-26-16-6-3-5-14(11-16)18(24)19-9-8-15-7-4-10-25-15/h3-7,10-11,13H,8-9,12H2,1-2H3,(H,19,24). The zero-order valence-corrected chi connectivity index (χ0v) is 14.8. The van der Waals surface area contributed by atoms with Crippen molar-refractivity contribution in [2.75, 3.05) is 6.54 Å². The highest BCUT2D eigenvalue weighted by molar-refractivity contribution is 5.94. The predicted molar refractivity (Wildman–Crippen MR) is 93.7 cm³/mol. The van der Waals surface area contributed by atoms with E-state index in [1.807, 2.05) is 26.0 Å². The Labute approximate surface area is 151 Å². The van der Waals surface area contributed by atoms with Crippen LogP contribution in [-0.4, -0.2) is 32.7 Å². The second-order valence-electron chi connectivity index (χ2n) is 6.04. The maximum Gasteiger partial charge on any atom is 0.251 e. The third kappa shape index (κ3) is 4.47. The number of tetrazole rings is 1. The third-order valence-corrected chi connectivity index (χ3v) is 3.75. The van der Waals surface area contributed by atoms with Gasteiger partial charge in [0, 0.05) is 18.5 Å². The van der Waals surface area contributed by atoms with Gasteiger partial charge < -0.3 is 14.5 Å². The van der Waals surface area contributed by atoms with Crippen LogP contribution in [0.5, 0.6) is 5.75 Å². The highest BCUT2D eigenvalue weighted by atomic mass is 16.5. The molecular formula is C18H21N5O3. The Morgan fingerprint density at radius 1 is 1.31 bits per heavy atom. The minimum absolute atomic E-state index is 0.148. The van der Waals surface area contributed by atoms with Gasteiger partial charge in [-0.25, -0.2) is 4.68 Å². The third-order valence-electron chi connectivity index (χ3n) is 3.75. The lowest BCUT2D eigenvalue weighted by Crippen LogP contribution is -2.25. The fourth-order valence-electron chi connectivity index (χ4n) is 2.44. The molecule has 0 aliphatic carbocycles. The van der Waals surface area contributed by atoms with E-state index in [0.29, 0.717) is 30.1 Å². The molecule has 0 saturated heterocycles. The van der Waals surface area contributed by atoms with Gasteiger partial charge in [0.25, 0.3) is 5.91 Å². The number of ether oxygens (including phenoxy) is 1. The van der Waals surface area contributed by atoms with Gasteiger partial charge >= 0.3 is 0 Å². The topological polar surface area (TPSA) is 95.1 Å². The second-order valence-corrected chi connectivity index (χ2v) is 6.04. The largest absolute Gasteiger partial charge is 0.486 e. The minimum atomic E-state index is -0.158. The Morgan fingerprint density at radius 2 is 2.19 bits per heavy atom. The molecule has 8 nitrogen and oxygen atoms in total. The molecule has 8 heteroatoms. The highest BCUT2D eigenvalue weighted by Gasteiger charge is 2.11. The fourth-order valence-corrected chi connectivity index (χ4v) is 2.44. The van der Waals surface area contributed by atoms with Crippen LogP contribution in [0.25, 0.3) is 0 Å². The molecule has 2 aromatic heterocycles. The van der Waals surface area contributed by atoms with E-state index in [1.54, 1.807) is 35.2 Å². The molecule has 3 rings (SSSR count). The summed E-state index contributed by atoms with van der Waals surface area (Å²) < 4.78 is 12.7. The summed E-state index contributed by atoms with van der Waals surface area (Å²) in [5.41, 5.74) is 0.533. The SMILES string of the molecule is CC(C)n1nnnc1COc1cccc(C(=O)NCCc2ccco2)c1. The van der Waals surface area contributed by atoms with Crippen LogP contribution >= 0.6 is 0 Å². The van der Waals surface area contributed by atoms with Gasteiger partial charge in [-0.2, -0.15) is 0 Å². The number of carbonyl (C=O) groups is 1. The Morgan fingerprint density at radius 3 is 2.96 bits per heavy atom. The van der Waals surface area contributed by atoms with Gasteiger partial charge in [-0.15, -0.1) is 5.10 Å². The monoisotopic (exact) mass is 355 g/mol. The number of hydrogen-bond acceptors (Lipinski definition) is 6. The molecule has 0 saturated carbocycles. The number of hydrogen-bond donors (Lipinski definition) is 1. The molecule has 3 aromatic rings. The van der Waals surface area contributed by atoms with Crippen LogP contribution in [0, 0.1) is 0 Å². The van der Waals surface area contributed by atoms with E-state index in [-0.39, 0.29) is 18.6 Å². The van der Waals surface area contributed by atoms with E-state index in [0.717, 1.165) is 5.76 Å². The van der Waals surface area contributed by atoms with Crippen molar-refractivity contribution in [1.82, 2.24) is 25.5 Å². The number of carbonyl (C=O) groups excluding carboxylic acids is 1. The Hall–Kier alpha value is -3.16. The first-order valence-corrected chi connectivity index (χ1v) is 8.43. The smallest absolute Gasteiger partial charge is 0.251 e. The molecule has 0 atom stereocenters. The number of aromatic nitrogens is 4. The molecular weight excluding hydrogens is 334 g/mol. The molecule has 0 aliphatic rings. The number of amides is 1. The zero-order chi connectivity index (χ0) is 18.4. The van der Waals surface area contributed by atoms with Crippen LogP contribution in [0.15, 0.2) is 47.1 Å². The van der Waals surface area contributed by atoms with Crippen LogP contribution in [0.3, 0.4) is 0 Å². The van der Waals surface area contributed by atoms with Gasteiger partial charge in [0.2, 0.25) is 0 Å². The number of benzene rings is 1. The molecule has 0 fully saturated rings. The molecule has 26 heavy (non-hydrogen) atoms. The molecule has 0 aliphatic heterocycles. The van der Waals surface area contributed by atoms with Crippen LogP contribution in [0.2, 0.25) is 0 Å². The number of furan rings is 1. The molecule has 0 spiro atoms. The lowest BCUT2D eigenvalue weighted by molar-refractivity contribution is 0.0953. The summed E-state index contributed by atoms with van der Waals surface area (Å²) in [5.74, 6) is 1.90. The summed E-state index contributed by atoms with van der Waals surface area (Å²) in [5, 5.41) is 14.4. The normalized spacial score (nSPS) is 10.9. The van der Waals surface area contributed by atoms with Gasteiger partial charge in [0.05, 0.1) is 12.3 Å². The maximum atomic E-state index is 12.3. The molecule has 136 valence electrons. The lowest BCUT2D eigenvalue weighted by Gasteiger charge is -2.10. The van der Waals surface area contributed by atoms with E-state index in [1.165, 1.54) is 0 Å². The first-order chi connectivity index (χ1) is 12.6. The first kappa shape index (κ1) is 17.7. The average molecular weight is 355 g/mol. The van der Waals surface area contributed by atoms with Crippen molar-refractivity contribution >= 4 is 5.91 Å². The molecule has 1 aromatic carbocycles. The van der Waals surface area contributed by atoms with Gasteiger partial charge in [-0.3, -0.25) is 4.79 Å². The van der Waals surface area contributed by atoms with Gasteiger partial charge in [0.1, 0.15) is 18.1 Å². The predicted octanol–water partition coefficient (Wildman–Crippen LogP) is 2.40. The fraction of sp³-hybridized carbons (Fsp3) is 0.333. The summed E-state index contributed by atoms with van der Waals surface area (Å²) >= 11 is 0. The second kappa shape index (κ2) is 8.28. The molecule has 2 heterocycles. The van der Waals surface area contributed by atoms with Crippen molar-refractivity contribution < 1.29 is 13.9 Å². The van der Waals surface area contributed by atoms with E-state index >= 15 is 0 Å². The molecule has 1 N–H and O–H groups in total. The quantitative estimate of drug-likeness (QED) is 0.667. The van der Waals surface area contributed by atoms with Crippen LogP contribution < -0.4 is 10.1 Å². The first-order valence-electron chi connectivity index (χ1n) is 8.43. The van der Waals surface area contributed by atoms with E-state index in [9.17, 15) is 4.79 Å². The van der Waals surface area contributed by atoms with Crippen LogP contribution in [0.4, 0.5) is 0 Å². The number of rotatable bonds is 8. The van der Waals surface area contributed by atoms with E-state index < -0.39 is 0 Å². The highest BCUT2D eigenvalue weighted by Crippen LogP contribution is 2.15. The van der Waals surface area contributed by atoms with Crippen LogP contribution in [-0.2, 0) is 13.0 Å². The molecule has 1 amide bonds. The van der Waals surface area contributed by atoms with E-state index in [4.69, 9.17) is 9.15 Å². The Bertz CT molecular complexity index is 842. The lowest BCUT2D eigenvalue weighted by atomic mass is 10.2. The zero-order valence-electron chi connectivity index (χ0n) is 14.8. The summed E-state index contributed by atoms with van der Waals surface area (Å²) in [6.07, 6.45) is 2.26. The van der Waals surface area contributed by atoms with Crippen molar-refractivity contribution in [2.45, 2.75) is 32.9 Å². The summed E-state index contributed by atoms with van der Waals surface area (Å²) in [6.45, 7) is 4.72. The minimum Gasteiger partial charge on any atom is -0.486 e. The summed E-state index contributed by atoms with van der Waals surface area (Å²) in [6, 6.07) is 10.9. The summed E-state index contributed by atoms with van der Waals surface area (Å²) in [4.78, 5) is 12.3. The van der Waals surface area contributed by atoms with Crippen molar-refractivity contribution in [2.24, 2.45) is 0 Å². The van der Waals surface area contributed by atoms with Crippen molar-refractivity contribution in [1.29, 1.82) is 0 Å². The van der Waals surface area contributed by atoms with Gasteiger partial charge in [-0.1, -0.05) is 6.07 Å². The van der Waals surface area contributed by atoms with E-state index in [2.05, 4.69) is 20.8 Å². The average Bonchev–Trinajstić information content (AvgIpc) is 3.32. The number of nitrogens with one attached hydrogen (secondary N) is 1. The molecule has 0 unspecified atom stereocenters. The van der Waals surface area contributed by atoms with Crippen molar-refractivity contribution in [3.05, 3.63) is 59.8 Å². The Kier molecular flexibility index (Phi) is 5.62. The van der Waals surface area contributed by atoms with Crippen molar-refractivity contribution in [3.8, 4) is 5.75 Å². The maximum absolute atomic E-state index is 12.3. The van der Waals surface area contributed by atoms with Gasteiger partial charge in [-0.05, 0) is 54.6 Å². The van der Waals surface area contributed by atoms with Crippen LogP contribution in [0.1, 0.15) is 41.8 Å².